The quantitative estimate of drug-likeness (QED) is 0.0283. The van der Waals surface area contributed by atoms with Gasteiger partial charge in [0.2, 0.25) is 0 Å². The number of quaternary nitrogens is 1. The highest BCUT2D eigenvalue weighted by atomic mass is 16.6. The number of allylic oxidation sites excluding steroid dienone is 16. The highest BCUT2D eigenvalue weighted by molar-refractivity contribution is 5.72. The minimum Gasteiger partial charge on any atom is -0.477 e. The van der Waals surface area contributed by atoms with E-state index in [1.165, 1.54) is 44.9 Å². The molecule has 0 bridgehead atoms. The SMILES string of the molecule is CC/C=C/C/C=C/C/C=C/C/C=C/CCCCCCCCCC(=O)OC(COCCC(C(=O)O)[N+](C)(C)C)COC(=O)CCC/C=C/C/C=C/C/C=C/C/C=C/CCCCC. The predicted octanol–water partition coefficient (Wildman–Crippen LogP) is 13.5. The van der Waals surface area contributed by atoms with E-state index in [4.69, 9.17) is 14.2 Å². The Morgan fingerprint density at radius 3 is 1.41 bits per heavy atom. The third kappa shape index (κ3) is 41.4. The van der Waals surface area contributed by atoms with Gasteiger partial charge in [-0.05, 0) is 89.9 Å². The summed E-state index contributed by atoms with van der Waals surface area (Å²) in [6, 6.07) is -0.631. The van der Waals surface area contributed by atoms with Gasteiger partial charge in [-0.15, -0.1) is 0 Å². The van der Waals surface area contributed by atoms with Crippen LogP contribution in [0.3, 0.4) is 0 Å². The zero-order chi connectivity index (χ0) is 44.9. The molecule has 0 spiro atoms. The number of carboxylic acids is 1. The lowest BCUT2D eigenvalue weighted by Gasteiger charge is -2.31. The Morgan fingerprint density at radius 2 is 0.934 bits per heavy atom. The number of hydrogen-bond donors (Lipinski definition) is 1. The number of unbranched alkanes of at least 4 members (excludes halogenated alkanes) is 11. The molecule has 0 saturated carbocycles. The first-order chi connectivity index (χ1) is 29.6. The van der Waals surface area contributed by atoms with Crippen LogP contribution in [0.1, 0.15) is 168 Å². The van der Waals surface area contributed by atoms with Gasteiger partial charge in [0.1, 0.15) is 6.61 Å². The van der Waals surface area contributed by atoms with Gasteiger partial charge in [-0.25, -0.2) is 4.79 Å². The van der Waals surface area contributed by atoms with Gasteiger partial charge in [0.15, 0.2) is 12.1 Å². The molecule has 0 saturated heterocycles. The molecule has 61 heavy (non-hydrogen) atoms. The summed E-state index contributed by atoms with van der Waals surface area (Å²) in [6.45, 7) is 4.51. The van der Waals surface area contributed by atoms with Gasteiger partial charge in [-0.3, -0.25) is 9.59 Å². The zero-order valence-corrected chi connectivity index (χ0v) is 39.3. The van der Waals surface area contributed by atoms with Crippen molar-refractivity contribution < 1.29 is 38.2 Å². The Labute approximate surface area is 373 Å². The van der Waals surface area contributed by atoms with E-state index < -0.39 is 18.1 Å². The van der Waals surface area contributed by atoms with E-state index in [9.17, 15) is 19.5 Å². The molecule has 2 atom stereocenters. The predicted molar refractivity (Wildman–Crippen MR) is 256 cm³/mol. The maximum atomic E-state index is 12.8. The third-order valence-corrected chi connectivity index (χ3v) is 9.97. The second kappa shape index (κ2) is 42.9. The van der Waals surface area contributed by atoms with E-state index in [0.717, 1.165) is 83.5 Å². The molecule has 2 unspecified atom stereocenters. The maximum Gasteiger partial charge on any atom is 0.362 e. The summed E-state index contributed by atoms with van der Waals surface area (Å²) in [4.78, 5) is 37.1. The van der Waals surface area contributed by atoms with Gasteiger partial charge in [-0.1, -0.05) is 156 Å². The van der Waals surface area contributed by atoms with Crippen LogP contribution in [0.4, 0.5) is 0 Å². The Morgan fingerprint density at radius 1 is 0.508 bits per heavy atom. The van der Waals surface area contributed by atoms with Gasteiger partial charge in [0, 0.05) is 19.3 Å². The average Bonchev–Trinajstić information content (AvgIpc) is 3.22. The molecule has 0 aliphatic rings. The van der Waals surface area contributed by atoms with Crippen molar-refractivity contribution in [1.29, 1.82) is 0 Å². The van der Waals surface area contributed by atoms with E-state index >= 15 is 0 Å². The highest BCUT2D eigenvalue weighted by Gasteiger charge is 2.31. The Balaban J connectivity index is 4.42. The Hall–Kier alpha value is -3.75. The van der Waals surface area contributed by atoms with E-state index in [0.29, 0.717) is 19.3 Å². The summed E-state index contributed by atoms with van der Waals surface area (Å²) in [6.07, 6.45) is 57.4. The molecule has 1 N–H and O–H groups in total. The molecule has 0 fully saturated rings. The van der Waals surface area contributed by atoms with Crippen LogP contribution in [0.2, 0.25) is 0 Å². The molecule has 0 rings (SSSR count). The molecule has 0 aliphatic carbocycles. The number of carbonyl (C=O) groups excluding carboxylic acids is 2. The first-order valence-corrected chi connectivity index (χ1v) is 23.8. The largest absolute Gasteiger partial charge is 0.477 e. The second-order valence-corrected chi connectivity index (χ2v) is 16.6. The van der Waals surface area contributed by atoms with Crippen molar-refractivity contribution >= 4 is 17.9 Å². The molecule has 0 radical (unpaired) electrons. The van der Waals surface area contributed by atoms with Crippen LogP contribution in [0.5, 0.6) is 0 Å². The fourth-order valence-electron chi connectivity index (χ4n) is 6.31. The molecular weight excluding hydrogens is 763 g/mol. The maximum absolute atomic E-state index is 12.8. The average molecular weight is 851 g/mol. The lowest BCUT2D eigenvalue weighted by Crippen LogP contribution is -2.50. The van der Waals surface area contributed by atoms with Crippen LogP contribution in [0.25, 0.3) is 0 Å². The third-order valence-electron chi connectivity index (χ3n) is 9.97. The van der Waals surface area contributed by atoms with Gasteiger partial charge in [0.25, 0.3) is 0 Å². The molecule has 0 aromatic rings. The normalized spacial score (nSPS) is 13.8. The Kier molecular flexibility index (Phi) is 40.3. The number of rotatable bonds is 41. The molecule has 0 amide bonds. The van der Waals surface area contributed by atoms with E-state index in [2.05, 4.69) is 111 Å². The molecule has 8 nitrogen and oxygen atoms in total. The molecule has 8 heteroatoms. The standard InChI is InChI=1S/C53H87NO7/c1-6-8-10-12-14-16-18-20-22-24-25-26-28-30-32-34-36-38-40-42-44-52(56)61-49(47-59-46-45-50(53(57)58)54(3,4)5)48-60-51(55)43-41-39-37-35-33-31-29-27-23-21-19-17-15-13-11-9-7-2/h8,10,14-17,20-23,25-26,29,31,35,37,49-50H,6-7,9,11-13,18-19,24,27-28,30,32-34,36,38-48H2,1-5H3/p+1/b10-8+,16-14+,17-15+,22-20+,23-21+,26-25+,31-29+,37-35+. The fraction of sp³-hybridized carbons (Fsp3) is 0.642. The number of carboxylic acid groups (broad SMARTS) is 1. The zero-order valence-electron chi connectivity index (χ0n) is 39.3. The van der Waals surface area contributed by atoms with Crippen molar-refractivity contribution in [3.63, 3.8) is 0 Å². The summed E-state index contributed by atoms with van der Waals surface area (Å²) in [5, 5.41) is 9.64. The number of hydrogen-bond acceptors (Lipinski definition) is 6. The number of likely N-dealkylation sites (N-methyl/N-ethyl adjacent to an activating group) is 1. The van der Waals surface area contributed by atoms with Crippen molar-refractivity contribution in [3.8, 4) is 0 Å². The highest BCUT2D eigenvalue weighted by Crippen LogP contribution is 2.13. The molecule has 0 aromatic carbocycles. The fourth-order valence-corrected chi connectivity index (χ4v) is 6.31. The van der Waals surface area contributed by atoms with Gasteiger partial charge in [-0.2, -0.15) is 0 Å². The van der Waals surface area contributed by atoms with Crippen LogP contribution < -0.4 is 0 Å². The summed E-state index contributed by atoms with van der Waals surface area (Å²) in [7, 11) is 5.50. The smallest absolute Gasteiger partial charge is 0.362 e. The van der Waals surface area contributed by atoms with Crippen LogP contribution >= 0.6 is 0 Å². The minimum atomic E-state index is -0.888. The minimum absolute atomic E-state index is 0.0334. The summed E-state index contributed by atoms with van der Waals surface area (Å²) < 4.78 is 17.2. The second-order valence-electron chi connectivity index (χ2n) is 16.6. The lowest BCUT2D eigenvalue weighted by molar-refractivity contribution is -0.887. The molecular formula is C53H88NO7+. The van der Waals surface area contributed by atoms with Crippen molar-refractivity contribution in [2.45, 2.75) is 180 Å². The summed E-state index contributed by atoms with van der Waals surface area (Å²) in [5.41, 5.74) is 0. The number of aliphatic carboxylic acids is 1. The number of carbonyl (C=O) groups is 3. The van der Waals surface area contributed by atoms with Gasteiger partial charge in [0.05, 0.1) is 34.4 Å². The number of esters is 2. The van der Waals surface area contributed by atoms with Crippen molar-refractivity contribution in [2.75, 3.05) is 41.0 Å². The molecule has 0 aliphatic heterocycles. The van der Waals surface area contributed by atoms with Crippen molar-refractivity contribution in [3.05, 3.63) is 97.2 Å². The van der Waals surface area contributed by atoms with E-state index in [1.807, 2.05) is 21.1 Å². The Bertz CT molecular complexity index is 1310. The summed E-state index contributed by atoms with van der Waals surface area (Å²) in [5.74, 6) is -1.56. The van der Waals surface area contributed by atoms with E-state index in [-0.39, 0.29) is 42.7 Å². The summed E-state index contributed by atoms with van der Waals surface area (Å²) >= 11 is 0. The van der Waals surface area contributed by atoms with E-state index in [1.54, 1.807) is 0 Å². The van der Waals surface area contributed by atoms with Crippen LogP contribution in [-0.2, 0) is 28.6 Å². The molecule has 0 aromatic heterocycles. The lowest BCUT2D eigenvalue weighted by atomic mass is 10.1. The van der Waals surface area contributed by atoms with Crippen molar-refractivity contribution in [1.82, 2.24) is 0 Å². The van der Waals surface area contributed by atoms with Crippen LogP contribution in [0.15, 0.2) is 97.2 Å². The van der Waals surface area contributed by atoms with Crippen molar-refractivity contribution in [2.24, 2.45) is 0 Å². The molecule has 0 heterocycles. The monoisotopic (exact) mass is 851 g/mol. The van der Waals surface area contributed by atoms with Crippen LogP contribution in [-0.4, -0.2) is 80.6 Å². The first-order valence-electron chi connectivity index (χ1n) is 23.8. The molecule has 346 valence electrons. The topological polar surface area (TPSA) is 99.1 Å². The van der Waals surface area contributed by atoms with Gasteiger partial charge < -0.3 is 23.8 Å². The van der Waals surface area contributed by atoms with Crippen LogP contribution in [0, 0.1) is 0 Å². The number of nitrogens with zero attached hydrogens (tertiary/aromatic N) is 1. The van der Waals surface area contributed by atoms with Gasteiger partial charge >= 0.3 is 17.9 Å². The number of ether oxygens (including phenoxy) is 3. The first kappa shape index (κ1) is 57.2.